The summed E-state index contributed by atoms with van der Waals surface area (Å²) in [4.78, 5) is 46.4. The van der Waals surface area contributed by atoms with Crippen LogP contribution in [0.5, 0.6) is 5.75 Å². The zero-order chi connectivity index (χ0) is 39.3. The van der Waals surface area contributed by atoms with Gasteiger partial charge in [0.1, 0.15) is 11.3 Å². The standard InChI is InChI=1S/C38H34F3N7O6S/c1-37(2)34(50)47(28-8-5-24(21-42)31(20-28)38(39,40)41)36(55-52)48(37)27-9-6-26(7-10-27)44-14-3-16-53-17-4-18-54-29-11-12-30-25(19-29)22-43-23-32(30)46-15-13-33(49)45-35(46)51/h5-13,15,19-20,22-23,36,44H,3-4,14,16-18H2,1-2H3/p+1. The Balaban J connectivity index is 0.960. The molecule has 284 valence electrons. The molecule has 13 nitrogen and oxygen atoms in total. The third kappa shape index (κ3) is 8.20. The summed E-state index contributed by atoms with van der Waals surface area (Å²) in [6, 6.07) is 18.3. The van der Waals surface area contributed by atoms with E-state index in [1.807, 2.05) is 12.1 Å². The Kier molecular flexibility index (Phi) is 11.3. The number of nitriles is 1. The van der Waals surface area contributed by atoms with E-state index in [0.717, 1.165) is 33.5 Å². The summed E-state index contributed by atoms with van der Waals surface area (Å²) in [7, 11) is 0. The van der Waals surface area contributed by atoms with Gasteiger partial charge in [-0.15, -0.1) is 0 Å². The Bertz CT molecular complexity index is 2380. The summed E-state index contributed by atoms with van der Waals surface area (Å²) in [5.74, 6) is 0.0817. The predicted molar refractivity (Wildman–Crippen MR) is 200 cm³/mol. The number of amides is 1. The molecule has 1 atom stereocenters. The van der Waals surface area contributed by atoms with Crippen LogP contribution in [0.2, 0.25) is 0 Å². The molecule has 2 N–H and O–H groups in total. The van der Waals surface area contributed by atoms with Crippen LogP contribution in [0.3, 0.4) is 0 Å². The van der Waals surface area contributed by atoms with Gasteiger partial charge in [-0.25, -0.2) is 9.69 Å². The number of carbonyl (C=O) groups excluding carboxylic acids is 1. The monoisotopic (exact) mass is 774 g/mol. The van der Waals surface area contributed by atoms with Gasteiger partial charge in [0.2, 0.25) is 0 Å². The fourth-order valence-electron chi connectivity index (χ4n) is 6.31. The maximum absolute atomic E-state index is 13.7. The van der Waals surface area contributed by atoms with Crippen molar-refractivity contribution < 1.29 is 31.6 Å². The van der Waals surface area contributed by atoms with Crippen molar-refractivity contribution in [1.29, 1.82) is 5.26 Å². The largest absolute Gasteiger partial charge is 0.511 e. The third-order valence-electron chi connectivity index (χ3n) is 9.01. The molecule has 55 heavy (non-hydrogen) atoms. The number of nitrogens with one attached hydrogen (secondary N) is 2. The van der Waals surface area contributed by atoms with E-state index in [0.29, 0.717) is 56.3 Å². The number of rotatable bonds is 14. The minimum Gasteiger partial charge on any atom is -0.493 e. The molecule has 1 saturated heterocycles. The summed E-state index contributed by atoms with van der Waals surface area (Å²) in [6.07, 6.45) is 1.17. The number of aromatic amines is 1. The van der Waals surface area contributed by atoms with Gasteiger partial charge in [-0.2, -0.15) is 18.4 Å². The number of benzene rings is 3. The van der Waals surface area contributed by atoms with E-state index in [-0.39, 0.29) is 17.4 Å². The lowest BCUT2D eigenvalue weighted by molar-refractivity contribution is -0.137. The number of ether oxygens (including phenoxy) is 2. The highest BCUT2D eigenvalue weighted by Crippen LogP contribution is 2.41. The second-order valence-electron chi connectivity index (χ2n) is 13.0. The van der Waals surface area contributed by atoms with E-state index in [9.17, 15) is 37.0 Å². The molecule has 5 aromatic rings. The van der Waals surface area contributed by atoms with Gasteiger partial charge >= 0.3 is 29.0 Å². The first-order chi connectivity index (χ1) is 26.3. The minimum absolute atomic E-state index is 0.0749. The second-order valence-corrected chi connectivity index (χ2v) is 13.6. The first kappa shape index (κ1) is 38.6. The van der Waals surface area contributed by atoms with E-state index < -0.39 is 45.5 Å². The van der Waals surface area contributed by atoms with Crippen LogP contribution in [0.1, 0.15) is 37.8 Å². The average molecular weight is 775 g/mol. The van der Waals surface area contributed by atoms with E-state index in [1.165, 1.54) is 29.0 Å². The molecule has 1 fully saturated rings. The van der Waals surface area contributed by atoms with Gasteiger partial charge in [-0.1, -0.05) is 0 Å². The molecule has 1 aliphatic heterocycles. The van der Waals surface area contributed by atoms with Crippen molar-refractivity contribution in [3.05, 3.63) is 117 Å². The Morgan fingerprint density at radius 1 is 0.964 bits per heavy atom. The first-order valence-corrected chi connectivity index (χ1v) is 17.9. The molecule has 3 aromatic carbocycles. The highest BCUT2D eigenvalue weighted by atomic mass is 32.1. The average Bonchev–Trinajstić information content (AvgIpc) is 3.37. The number of carbonyl (C=O) groups is 1. The molecule has 2 aromatic heterocycles. The van der Waals surface area contributed by atoms with Gasteiger partial charge in [0.25, 0.3) is 11.5 Å². The first-order valence-electron chi connectivity index (χ1n) is 17.1. The number of nitrogens with zero attached hydrogens (tertiary/aromatic N) is 5. The number of anilines is 3. The number of H-pyrrole nitrogens is 1. The summed E-state index contributed by atoms with van der Waals surface area (Å²) in [6.45, 7) is 5.23. The zero-order valence-corrected chi connectivity index (χ0v) is 30.4. The van der Waals surface area contributed by atoms with Gasteiger partial charge in [-0.05, 0) is 80.9 Å². The van der Waals surface area contributed by atoms with Crippen LogP contribution in [0.25, 0.3) is 16.5 Å². The summed E-state index contributed by atoms with van der Waals surface area (Å²) < 4.78 is 66.5. The highest BCUT2D eigenvalue weighted by molar-refractivity contribution is 7.66. The van der Waals surface area contributed by atoms with Gasteiger partial charge in [0.15, 0.2) is 0 Å². The lowest BCUT2D eigenvalue weighted by atomic mass is 10.0. The molecule has 1 unspecified atom stereocenters. The number of hydrogen-bond donors (Lipinski definition) is 2. The van der Waals surface area contributed by atoms with Crippen LogP contribution in [-0.2, 0) is 31.6 Å². The molecule has 3 heterocycles. The van der Waals surface area contributed by atoms with Crippen LogP contribution in [0, 0.1) is 11.3 Å². The van der Waals surface area contributed by atoms with Crippen molar-refractivity contribution in [3.8, 4) is 17.5 Å². The summed E-state index contributed by atoms with van der Waals surface area (Å²) in [5.41, 5.74) is -3.52. The molecule has 17 heteroatoms. The van der Waals surface area contributed by atoms with Crippen molar-refractivity contribution in [2.45, 2.75) is 43.9 Å². The fourth-order valence-corrected chi connectivity index (χ4v) is 7.09. The number of fused-ring (bicyclic) bond motifs is 1. The third-order valence-corrected chi connectivity index (χ3v) is 9.61. The van der Waals surface area contributed by atoms with Crippen molar-refractivity contribution in [1.82, 2.24) is 14.5 Å². The molecule has 1 amide bonds. The fraction of sp³-hybridized carbons (Fsp3) is 0.289. The number of aromatic nitrogens is 3. The summed E-state index contributed by atoms with van der Waals surface area (Å²) in [5, 5.41) is 14.0. The van der Waals surface area contributed by atoms with E-state index in [1.54, 1.807) is 61.5 Å². The van der Waals surface area contributed by atoms with Crippen LogP contribution in [0.4, 0.5) is 30.2 Å². The number of alkyl halides is 3. The molecule has 0 spiro atoms. The van der Waals surface area contributed by atoms with E-state index >= 15 is 0 Å². The lowest BCUT2D eigenvalue weighted by Gasteiger charge is -2.28. The minimum atomic E-state index is -4.82. The smallest absolute Gasteiger partial charge is 0.493 e. The van der Waals surface area contributed by atoms with Crippen molar-refractivity contribution in [2.24, 2.45) is 0 Å². The highest BCUT2D eigenvalue weighted by Gasteiger charge is 2.59. The van der Waals surface area contributed by atoms with Crippen LogP contribution in [0.15, 0.2) is 94.9 Å². The molecule has 0 bridgehead atoms. The Morgan fingerprint density at radius 3 is 2.42 bits per heavy atom. The summed E-state index contributed by atoms with van der Waals surface area (Å²) >= 11 is 0.0749. The maximum Gasteiger partial charge on any atom is 0.511 e. The van der Waals surface area contributed by atoms with Crippen molar-refractivity contribution >= 4 is 45.4 Å². The zero-order valence-electron chi connectivity index (χ0n) is 29.6. The van der Waals surface area contributed by atoms with Gasteiger partial charge in [-0.3, -0.25) is 29.0 Å². The Morgan fingerprint density at radius 2 is 1.71 bits per heavy atom. The van der Waals surface area contributed by atoms with Crippen molar-refractivity contribution in [2.75, 3.05) is 41.5 Å². The quantitative estimate of drug-likeness (QED) is 0.107. The molecule has 1 aliphatic rings. The van der Waals surface area contributed by atoms with Crippen LogP contribution < -0.4 is 31.1 Å². The van der Waals surface area contributed by atoms with E-state index in [4.69, 9.17) is 9.47 Å². The predicted octanol–water partition coefficient (Wildman–Crippen LogP) is 5.60. The normalized spacial score (nSPS) is 15.3. The number of pyridine rings is 1. The van der Waals surface area contributed by atoms with Gasteiger partial charge in [0.05, 0.1) is 41.4 Å². The van der Waals surface area contributed by atoms with Crippen LogP contribution in [-0.4, -0.2) is 57.8 Å². The van der Waals surface area contributed by atoms with E-state index in [2.05, 4.69) is 15.3 Å². The molecular weight excluding hydrogens is 740 g/mol. The molecule has 0 saturated carbocycles. The lowest BCUT2D eigenvalue weighted by Crippen LogP contribution is -2.46. The number of hydrogen-bond acceptors (Lipinski definition) is 10. The molecular formula is C38H35F3N7O6S+. The van der Waals surface area contributed by atoms with Crippen LogP contribution >= 0.6 is 0 Å². The topological polar surface area (TPSA) is 163 Å². The number of halogens is 3. The van der Waals surface area contributed by atoms with Crippen molar-refractivity contribution in [3.63, 3.8) is 0 Å². The Hall–Kier alpha value is -6.12. The Labute approximate surface area is 316 Å². The second kappa shape index (κ2) is 16.1. The van der Waals surface area contributed by atoms with Gasteiger partial charge in [0, 0.05) is 71.0 Å². The maximum atomic E-state index is 13.7. The molecule has 0 radical (unpaired) electrons. The molecule has 6 rings (SSSR count). The van der Waals surface area contributed by atoms with Gasteiger partial charge < -0.3 is 14.8 Å². The SMILES string of the molecule is CC1(C)C(=O)N(c2ccc(C#N)c(C(F)(F)F)c2)C([S+]=O)N1c1ccc(NCCCOCCCOc2ccc3c(-n4ccc(=O)[nH]c4=O)cncc3c2)cc1. The molecule has 0 aliphatic carbocycles.